The average Bonchev–Trinajstić information content (AvgIpc) is 2.75. The Morgan fingerprint density at radius 2 is 2.05 bits per heavy atom. The molecule has 0 spiro atoms. The summed E-state index contributed by atoms with van der Waals surface area (Å²) in [6.07, 6.45) is 0. The van der Waals surface area contributed by atoms with Gasteiger partial charge in [0, 0.05) is 17.1 Å². The first-order chi connectivity index (χ1) is 9.70. The Bertz CT molecular complexity index is 767. The highest BCUT2D eigenvalue weighted by atomic mass is 79.9. The Balaban J connectivity index is 2.27. The molecule has 1 aromatic heterocycles. The van der Waals surface area contributed by atoms with E-state index in [1.807, 2.05) is 47.0 Å². The Hall–Kier alpha value is -1.85. The van der Waals surface area contributed by atoms with Gasteiger partial charge in [0.05, 0.1) is 23.3 Å². The van der Waals surface area contributed by atoms with Gasteiger partial charge in [-0.3, -0.25) is 4.57 Å². The molecule has 0 aliphatic heterocycles. The summed E-state index contributed by atoms with van der Waals surface area (Å²) < 4.78 is 8.20. The molecule has 1 heterocycles. The monoisotopic (exact) mass is 331 g/mol. The minimum absolute atomic E-state index is 0.474. The minimum Gasteiger partial charge on any atom is -0.380 e. The molecule has 0 amide bonds. The van der Waals surface area contributed by atoms with Gasteiger partial charge in [-0.2, -0.15) is 0 Å². The summed E-state index contributed by atoms with van der Waals surface area (Å²) in [4.78, 5) is 4.42. The summed E-state index contributed by atoms with van der Waals surface area (Å²) in [5, 5.41) is 0. The molecule has 2 N–H and O–H groups in total. The van der Waals surface area contributed by atoms with Gasteiger partial charge in [0.2, 0.25) is 5.95 Å². The lowest BCUT2D eigenvalue weighted by molar-refractivity contribution is 0.185. The molecular formula is C15H14BrN3O. The molecule has 0 fully saturated rings. The van der Waals surface area contributed by atoms with Crippen LogP contribution in [0.1, 0.15) is 5.56 Å². The maximum atomic E-state index is 6.10. The molecule has 0 bridgehead atoms. The van der Waals surface area contributed by atoms with Gasteiger partial charge in [-0.1, -0.05) is 34.1 Å². The van der Waals surface area contributed by atoms with Crippen molar-refractivity contribution in [3.8, 4) is 5.69 Å². The lowest BCUT2D eigenvalue weighted by Gasteiger charge is -2.12. The van der Waals surface area contributed by atoms with E-state index < -0.39 is 0 Å². The molecule has 2 aromatic carbocycles. The Morgan fingerprint density at radius 3 is 2.85 bits per heavy atom. The number of nitrogen functional groups attached to an aromatic ring is 1. The molecule has 0 saturated carbocycles. The molecule has 3 aromatic rings. The number of benzene rings is 2. The third-order valence-electron chi connectivity index (χ3n) is 3.17. The summed E-state index contributed by atoms with van der Waals surface area (Å²) in [5.41, 5.74) is 10.0. The van der Waals surface area contributed by atoms with Crippen LogP contribution in [0.2, 0.25) is 0 Å². The van der Waals surface area contributed by atoms with Crippen molar-refractivity contribution in [2.75, 3.05) is 12.8 Å². The maximum Gasteiger partial charge on any atom is 0.205 e. The molecule has 3 rings (SSSR count). The number of imidazole rings is 1. The zero-order valence-electron chi connectivity index (χ0n) is 11.0. The number of halogens is 1. The molecular weight excluding hydrogens is 318 g/mol. The van der Waals surface area contributed by atoms with Crippen molar-refractivity contribution < 1.29 is 4.74 Å². The molecule has 0 atom stereocenters. The zero-order valence-corrected chi connectivity index (χ0v) is 12.6. The second kappa shape index (κ2) is 5.26. The van der Waals surface area contributed by atoms with Gasteiger partial charge in [0.1, 0.15) is 0 Å². The first-order valence-electron chi connectivity index (χ1n) is 6.21. The van der Waals surface area contributed by atoms with E-state index in [1.165, 1.54) is 0 Å². The number of fused-ring (bicyclic) bond motifs is 1. The van der Waals surface area contributed by atoms with Crippen molar-refractivity contribution in [3.63, 3.8) is 0 Å². The average molecular weight is 332 g/mol. The van der Waals surface area contributed by atoms with Crippen molar-refractivity contribution in [2.24, 2.45) is 0 Å². The fraction of sp³-hybridized carbons (Fsp3) is 0.133. The van der Waals surface area contributed by atoms with Crippen LogP contribution in [0.25, 0.3) is 16.7 Å². The lowest BCUT2D eigenvalue weighted by Crippen LogP contribution is -2.04. The van der Waals surface area contributed by atoms with Crippen molar-refractivity contribution in [1.82, 2.24) is 9.55 Å². The highest BCUT2D eigenvalue weighted by molar-refractivity contribution is 9.10. The molecule has 4 nitrogen and oxygen atoms in total. The maximum absolute atomic E-state index is 6.10. The number of hydrogen-bond acceptors (Lipinski definition) is 3. The third kappa shape index (κ3) is 2.19. The van der Waals surface area contributed by atoms with E-state index in [9.17, 15) is 0 Å². The smallest absolute Gasteiger partial charge is 0.205 e. The number of methoxy groups -OCH3 is 1. The number of hydrogen-bond donors (Lipinski definition) is 1. The molecule has 0 unspecified atom stereocenters. The predicted molar refractivity (Wildman–Crippen MR) is 83.9 cm³/mol. The SMILES string of the molecule is COCc1ccccc1-n1c(N)nc2cc(Br)ccc21. The number of nitrogens with two attached hydrogens (primary N) is 1. The summed E-state index contributed by atoms with van der Waals surface area (Å²) in [5.74, 6) is 0.474. The predicted octanol–water partition coefficient (Wildman–Crippen LogP) is 3.52. The van der Waals surface area contributed by atoms with E-state index >= 15 is 0 Å². The molecule has 0 aliphatic rings. The molecule has 0 saturated heterocycles. The number of anilines is 1. The summed E-state index contributed by atoms with van der Waals surface area (Å²) in [7, 11) is 1.68. The van der Waals surface area contributed by atoms with Crippen molar-refractivity contribution in [1.29, 1.82) is 0 Å². The fourth-order valence-corrected chi connectivity index (χ4v) is 2.68. The molecule has 102 valence electrons. The second-order valence-corrected chi connectivity index (χ2v) is 5.42. The van der Waals surface area contributed by atoms with Gasteiger partial charge < -0.3 is 10.5 Å². The van der Waals surface area contributed by atoms with Crippen LogP contribution >= 0.6 is 15.9 Å². The largest absolute Gasteiger partial charge is 0.380 e. The standard InChI is InChI=1S/C15H14BrN3O/c1-20-9-10-4-2-3-5-13(10)19-14-7-6-11(16)8-12(14)18-15(19)17/h2-8H,9H2,1H3,(H2,17,18). The Kier molecular flexibility index (Phi) is 3.46. The quantitative estimate of drug-likeness (QED) is 0.798. The molecule has 0 radical (unpaired) electrons. The van der Waals surface area contributed by atoms with Crippen molar-refractivity contribution in [3.05, 3.63) is 52.5 Å². The fourth-order valence-electron chi connectivity index (χ4n) is 2.33. The van der Waals surface area contributed by atoms with Crippen molar-refractivity contribution >= 4 is 32.9 Å². The van der Waals surface area contributed by atoms with Gasteiger partial charge in [-0.05, 0) is 24.3 Å². The highest BCUT2D eigenvalue weighted by Crippen LogP contribution is 2.27. The van der Waals surface area contributed by atoms with Gasteiger partial charge in [-0.25, -0.2) is 4.98 Å². The second-order valence-electron chi connectivity index (χ2n) is 4.50. The van der Waals surface area contributed by atoms with E-state index in [2.05, 4.69) is 20.9 Å². The van der Waals surface area contributed by atoms with Gasteiger partial charge in [0.25, 0.3) is 0 Å². The number of aromatic nitrogens is 2. The lowest BCUT2D eigenvalue weighted by atomic mass is 10.2. The van der Waals surface area contributed by atoms with Crippen LogP contribution in [0.15, 0.2) is 46.9 Å². The van der Waals surface area contributed by atoms with Gasteiger partial charge >= 0.3 is 0 Å². The number of para-hydroxylation sites is 1. The van der Waals surface area contributed by atoms with Crippen LogP contribution in [0.3, 0.4) is 0 Å². The summed E-state index contributed by atoms with van der Waals surface area (Å²) in [6, 6.07) is 14.0. The van der Waals surface area contributed by atoms with Crippen LogP contribution in [0, 0.1) is 0 Å². The summed E-state index contributed by atoms with van der Waals surface area (Å²) >= 11 is 3.45. The normalized spacial score (nSPS) is 11.1. The van der Waals surface area contributed by atoms with E-state index in [0.29, 0.717) is 12.6 Å². The Morgan fingerprint density at radius 1 is 1.25 bits per heavy atom. The third-order valence-corrected chi connectivity index (χ3v) is 3.67. The van der Waals surface area contributed by atoms with Crippen LogP contribution in [0.5, 0.6) is 0 Å². The number of rotatable bonds is 3. The Labute approximate surface area is 125 Å². The zero-order chi connectivity index (χ0) is 14.1. The van der Waals surface area contributed by atoms with E-state index in [-0.39, 0.29) is 0 Å². The van der Waals surface area contributed by atoms with Crippen LogP contribution in [-0.4, -0.2) is 16.7 Å². The first kappa shape index (κ1) is 13.1. The van der Waals surface area contributed by atoms with E-state index in [1.54, 1.807) is 7.11 Å². The molecule has 0 aliphatic carbocycles. The van der Waals surface area contributed by atoms with Crippen LogP contribution in [-0.2, 0) is 11.3 Å². The number of nitrogens with zero attached hydrogens (tertiary/aromatic N) is 2. The highest BCUT2D eigenvalue weighted by Gasteiger charge is 2.13. The number of ether oxygens (including phenoxy) is 1. The first-order valence-corrected chi connectivity index (χ1v) is 7.00. The van der Waals surface area contributed by atoms with E-state index in [4.69, 9.17) is 10.5 Å². The van der Waals surface area contributed by atoms with Gasteiger partial charge in [0.15, 0.2) is 0 Å². The van der Waals surface area contributed by atoms with Crippen molar-refractivity contribution in [2.45, 2.75) is 6.61 Å². The summed E-state index contributed by atoms with van der Waals surface area (Å²) in [6.45, 7) is 0.534. The van der Waals surface area contributed by atoms with Gasteiger partial charge in [-0.15, -0.1) is 0 Å². The minimum atomic E-state index is 0.474. The van der Waals surface area contributed by atoms with E-state index in [0.717, 1.165) is 26.8 Å². The van der Waals surface area contributed by atoms with Crippen LogP contribution < -0.4 is 5.73 Å². The topological polar surface area (TPSA) is 53.1 Å². The molecule has 20 heavy (non-hydrogen) atoms. The molecule has 5 heteroatoms. The van der Waals surface area contributed by atoms with Crippen LogP contribution in [0.4, 0.5) is 5.95 Å².